The Balaban J connectivity index is 1.79. The number of benzene rings is 1. The highest BCUT2D eigenvalue weighted by Crippen LogP contribution is 2.37. The van der Waals surface area contributed by atoms with Gasteiger partial charge in [-0.2, -0.15) is 4.98 Å². The normalized spacial score (nSPS) is 22.4. The van der Waals surface area contributed by atoms with Crippen LogP contribution in [0.15, 0.2) is 22.7 Å². The first-order valence-corrected chi connectivity index (χ1v) is 7.87. The molecule has 0 radical (unpaired) electrons. The molecule has 1 aromatic heterocycles. The van der Waals surface area contributed by atoms with Gasteiger partial charge in [0.25, 0.3) is 5.89 Å². The standard InChI is InChI=1S/C16H19ClN2O2/c1-2-10-3-5-11(6-4-10)15-18-16(21-19-15)13-9-12(20)7-8-14(13)17/h7-11,20H,2-6H2,1H3. The molecule has 112 valence electrons. The molecule has 1 aliphatic rings. The van der Waals surface area contributed by atoms with Crippen molar-refractivity contribution in [3.05, 3.63) is 29.0 Å². The predicted molar refractivity (Wildman–Crippen MR) is 81.4 cm³/mol. The minimum atomic E-state index is 0.137. The van der Waals surface area contributed by atoms with Gasteiger partial charge in [-0.15, -0.1) is 0 Å². The molecule has 0 saturated heterocycles. The van der Waals surface area contributed by atoms with Gasteiger partial charge >= 0.3 is 0 Å². The van der Waals surface area contributed by atoms with Crippen LogP contribution in [-0.2, 0) is 0 Å². The molecule has 1 aromatic carbocycles. The van der Waals surface area contributed by atoms with Gasteiger partial charge in [0, 0.05) is 5.92 Å². The first-order valence-electron chi connectivity index (χ1n) is 7.50. The number of aromatic nitrogens is 2. The Morgan fingerprint density at radius 2 is 2.05 bits per heavy atom. The van der Waals surface area contributed by atoms with E-state index in [1.54, 1.807) is 12.1 Å². The lowest BCUT2D eigenvalue weighted by atomic mass is 9.80. The number of aromatic hydroxyl groups is 1. The van der Waals surface area contributed by atoms with Gasteiger partial charge in [-0.05, 0) is 49.8 Å². The van der Waals surface area contributed by atoms with Crippen molar-refractivity contribution >= 4 is 11.6 Å². The molecular formula is C16H19ClN2O2. The Bertz CT molecular complexity index is 618. The molecule has 0 spiro atoms. The Morgan fingerprint density at radius 1 is 1.29 bits per heavy atom. The molecule has 4 nitrogen and oxygen atoms in total. The van der Waals surface area contributed by atoms with Crippen molar-refractivity contribution in [2.45, 2.75) is 44.9 Å². The van der Waals surface area contributed by atoms with E-state index >= 15 is 0 Å². The van der Waals surface area contributed by atoms with Crippen molar-refractivity contribution in [1.82, 2.24) is 10.1 Å². The molecule has 0 bridgehead atoms. The number of phenols is 1. The second-order valence-electron chi connectivity index (χ2n) is 5.75. The monoisotopic (exact) mass is 306 g/mol. The zero-order valence-electron chi connectivity index (χ0n) is 12.1. The first kappa shape index (κ1) is 14.4. The summed E-state index contributed by atoms with van der Waals surface area (Å²) in [5, 5.41) is 14.2. The molecule has 21 heavy (non-hydrogen) atoms. The Kier molecular flexibility index (Phi) is 4.15. The van der Waals surface area contributed by atoms with E-state index in [1.165, 1.54) is 25.3 Å². The van der Waals surface area contributed by atoms with Gasteiger partial charge in [0.2, 0.25) is 0 Å². The van der Waals surface area contributed by atoms with E-state index in [4.69, 9.17) is 16.1 Å². The van der Waals surface area contributed by atoms with Crippen LogP contribution in [0.2, 0.25) is 5.02 Å². The molecule has 1 fully saturated rings. The highest BCUT2D eigenvalue weighted by Gasteiger charge is 2.25. The van der Waals surface area contributed by atoms with E-state index in [2.05, 4.69) is 17.1 Å². The molecule has 1 saturated carbocycles. The smallest absolute Gasteiger partial charge is 0.259 e. The summed E-state index contributed by atoms with van der Waals surface area (Å²) in [6.45, 7) is 2.25. The third kappa shape index (κ3) is 3.05. The SMILES string of the molecule is CCC1CCC(c2noc(-c3cc(O)ccc3Cl)n2)CC1. The molecule has 0 aliphatic heterocycles. The Labute approximate surface area is 129 Å². The van der Waals surface area contributed by atoms with Crippen molar-refractivity contribution in [3.8, 4) is 17.2 Å². The van der Waals surface area contributed by atoms with Crippen LogP contribution in [0.5, 0.6) is 5.75 Å². The number of phenolic OH excluding ortho intramolecular Hbond substituents is 1. The summed E-state index contributed by atoms with van der Waals surface area (Å²) in [5.74, 6) is 2.50. The fraction of sp³-hybridized carbons (Fsp3) is 0.500. The Morgan fingerprint density at radius 3 is 2.76 bits per heavy atom. The fourth-order valence-electron chi connectivity index (χ4n) is 3.02. The van der Waals surface area contributed by atoms with Gasteiger partial charge in [-0.1, -0.05) is 30.1 Å². The number of hydrogen-bond donors (Lipinski definition) is 1. The van der Waals surface area contributed by atoms with Crippen LogP contribution in [0.25, 0.3) is 11.5 Å². The van der Waals surface area contributed by atoms with Gasteiger partial charge in [0.1, 0.15) is 5.75 Å². The largest absolute Gasteiger partial charge is 0.508 e. The van der Waals surface area contributed by atoms with Gasteiger partial charge in [-0.25, -0.2) is 0 Å². The lowest BCUT2D eigenvalue weighted by Gasteiger charge is -2.25. The van der Waals surface area contributed by atoms with Crippen molar-refractivity contribution in [1.29, 1.82) is 0 Å². The average Bonchev–Trinajstić information content (AvgIpc) is 2.99. The fourth-order valence-corrected chi connectivity index (χ4v) is 3.21. The number of nitrogens with zero attached hydrogens (tertiary/aromatic N) is 2. The van der Waals surface area contributed by atoms with Crippen molar-refractivity contribution in [2.75, 3.05) is 0 Å². The van der Waals surface area contributed by atoms with E-state index in [-0.39, 0.29) is 5.75 Å². The third-order valence-electron chi connectivity index (χ3n) is 4.41. The molecule has 1 heterocycles. The van der Waals surface area contributed by atoms with E-state index in [1.807, 2.05) is 0 Å². The summed E-state index contributed by atoms with van der Waals surface area (Å²) in [7, 11) is 0. The second kappa shape index (κ2) is 6.06. The molecule has 3 rings (SSSR count). The predicted octanol–water partition coefficient (Wildman–Crippen LogP) is 4.78. The van der Waals surface area contributed by atoms with Crippen molar-refractivity contribution in [2.24, 2.45) is 5.92 Å². The maximum absolute atomic E-state index is 9.56. The van der Waals surface area contributed by atoms with Crippen LogP contribution in [0.4, 0.5) is 0 Å². The summed E-state index contributed by atoms with van der Waals surface area (Å²) in [6, 6.07) is 4.71. The van der Waals surface area contributed by atoms with Gasteiger partial charge in [-0.3, -0.25) is 0 Å². The van der Waals surface area contributed by atoms with Gasteiger partial charge < -0.3 is 9.63 Å². The molecule has 5 heteroatoms. The minimum absolute atomic E-state index is 0.137. The molecule has 0 atom stereocenters. The van der Waals surface area contributed by atoms with Crippen LogP contribution >= 0.6 is 11.6 Å². The number of hydrogen-bond acceptors (Lipinski definition) is 4. The lowest BCUT2D eigenvalue weighted by Crippen LogP contribution is -2.13. The van der Waals surface area contributed by atoms with Crippen LogP contribution in [0, 0.1) is 5.92 Å². The van der Waals surface area contributed by atoms with Crippen LogP contribution < -0.4 is 0 Å². The van der Waals surface area contributed by atoms with E-state index in [0.29, 0.717) is 22.4 Å². The van der Waals surface area contributed by atoms with Gasteiger partial charge in [0.05, 0.1) is 10.6 Å². The summed E-state index contributed by atoms with van der Waals surface area (Å²) >= 11 is 6.12. The zero-order chi connectivity index (χ0) is 14.8. The second-order valence-corrected chi connectivity index (χ2v) is 6.15. The van der Waals surface area contributed by atoms with Crippen LogP contribution in [0.3, 0.4) is 0 Å². The van der Waals surface area contributed by atoms with E-state index in [0.717, 1.165) is 24.6 Å². The minimum Gasteiger partial charge on any atom is -0.508 e. The zero-order valence-corrected chi connectivity index (χ0v) is 12.8. The molecule has 1 N–H and O–H groups in total. The van der Waals surface area contributed by atoms with Crippen molar-refractivity contribution < 1.29 is 9.63 Å². The Hall–Kier alpha value is -1.55. The highest BCUT2D eigenvalue weighted by atomic mass is 35.5. The molecule has 0 amide bonds. The lowest BCUT2D eigenvalue weighted by molar-refractivity contribution is 0.305. The highest BCUT2D eigenvalue weighted by molar-refractivity contribution is 6.33. The molecular weight excluding hydrogens is 288 g/mol. The first-order chi connectivity index (χ1) is 10.2. The maximum Gasteiger partial charge on any atom is 0.259 e. The summed E-state index contributed by atoms with van der Waals surface area (Å²) in [4.78, 5) is 4.48. The average molecular weight is 307 g/mol. The molecule has 1 aliphatic carbocycles. The quantitative estimate of drug-likeness (QED) is 0.886. The van der Waals surface area contributed by atoms with Crippen LogP contribution in [0.1, 0.15) is 50.8 Å². The molecule has 2 aromatic rings. The summed E-state index contributed by atoms with van der Waals surface area (Å²) in [6.07, 6.45) is 5.95. The maximum atomic E-state index is 9.56. The third-order valence-corrected chi connectivity index (χ3v) is 4.74. The van der Waals surface area contributed by atoms with E-state index < -0.39 is 0 Å². The molecule has 0 unspecified atom stereocenters. The summed E-state index contributed by atoms with van der Waals surface area (Å²) in [5.41, 5.74) is 0.581. The summed E-state index contributed by atoms with van der Waals surface area (Å²) < 4.78 is 5.34. The van der Waals surface area contributed by atoms with E-state index in [9.17, 15) is 5.11 Å². The number of halogens is 1. The van der Waals surface area contributed by atoms with Crippen LogP contribution in [-0.4, -0.2) is 15.2 Å². The topological polar surface area (TPSA) is 59.2 Å². The van der Waals surface area contributed by atoms with Gasteiger partial charge in [0.15, 0.2) is 5.82 Å². The number of rotatable bonds is 3. The van der Waals surface area contributed by atoms with Crippen molar-refractivity contribution in [3.63, 3.8) is 0 Å².